The first-order valence-electron chi connectivity index (χ1n) is 10.8. The summed E-state index contributed by atoms with van der Waals surface area (Å²) < 4.78 is 23.4. The maximum atomic E-state index is 11.7. The summed E-state index contributed by atoms with van der Waals surface area (Å²) in [5.74, 6) is 1.90. The summed E-state index contributed by atoms with van der Waals surface area (Å²) in [5.41, 5.74) is 0.486. The molecule has 1 atom stereocenters. The first kappa shape index (κ1) is 20.0. The van der Waals surface area contributed by atoms with Crippen LogP contribution in [0, 0.1) is 11.3 Å². The molecule has 0 radical (unpaired) electrons. The molecule has 0 aromatic heterocycles. The Morgan fingerprint density at radius 1 is 1.15 bits per heavy atom. The van der Waals surface area contributed by atoms with E-state index in [-0.39, 0.29) is 5.92 Å². The summed E-state index contributed by atoms with van der Waals surface area (Å²) in [6.07, 6.45) is 12.8. The number of sulfone groups is 1. The maximum Gasteiger partial charge on any atom is 0.193 e. The third kappa shape index (κ3) is 5.37. The molecule has 3 rings (SSSR count). The van der Waals surface area contributed by atoms with Crippen LogP contribution in [0.4, 0.5) is 0 Å². The van der Waals surface area contributed by atoms with Gasteiger partial charge in [-0.2, -0.15) is 0 Å². The third-order valence-electron chi connectivity index (χ3n) is 6.48. The van der Waals surface area contributed by atoms with Crippen LogP contribution in [0.3, 0.4) is 0 Å². The fourth-order valence-electron chi connectivity index (χ4n) is 5.01. The van der Waals surface area contributed by atoms with Gasteiger partial charge in [-0.3, -0.25) is 4.99 Å². The van der Waals surface area contributed by atoms with E-state index in [0.29, 0.717) is 23.5 Å². The lowest BCUT2D eigenvalue weighted by molar-refractivity contribution is 0.115. The zero-order valence-corrected chi connectivity index (χ0v) is 17.3. The van der Waals surface area contributed by atoms with Gasteiger partial charge < -0.3 is 10.2 Å². The van der Waals surface area contributed by atoms with Crippen molar-refractivity contribution in [3.05, 3.63) is 0 Å². The molecule has 26 heavy (non-hydrogen) atoms. The van der Waals surface area contributed by atoms with Crippen LogP contribution in [-0.2, 0) is 9.84 Å². The Hall–Kier alpha value is -0.780. The predicted molar refractivity (Wildman–Crippen MR) is 108 cm³/mol. The molecule has 1 unspecified atom stereocenters. The SMILES string of the molecule is CCCNC(=NCC1CCS(=O)(=O)C1)N1CCCC2(CCCCCC2)C1. The number of hydrogen-bond acceptors (Lipinski definition) is 3. The maximum absolute atomic E-state index is 11.7. The Bertz CT molecular complexity index is 580. The number of rotatable bonds is 4. The van der Waals surface area contributed by atoms with Crippen LogP contribution in [0.2, 0.25) is 0 Å². The molecule has 2 saturated heterocycles. The summed E-state index contributed by atoms with van der Waals surface area (Å²) in [7, 11) is -2.81. The van der Waals surface area contributed by atoms with E-state index in [9.17, 15) is 8.42 Å². The molecule has 0 bridgehead atoms. The second-order valence-electron chi connectivity index (χ2n) is 8.80. The Morgan fingerprint density at radius 2 is 1.88 bits per heavy atom. The van der Waals surface area contributed by atoms with E-state index in [1.807, 2.05) is 0 Å². The van der Waals surface area contributed by atoms with E-state index in [1.165, 1.54) is 51.4 Å². The van der Waals surface area contributed by atoms with Gasteiger partial charge in [0.15, 0.2) is 15.8 Å². The zero-order chi connectivity index (χ0) is 18.5. The summed E-state index contributed by atoms with van der Waals surface area (Å²) in [6.45, 7) is 5.98. The summed E-state index contributed by atoms with van der Waals surface area (Å²) in [5, 5.41) is 3.55. The average molecular weight is 384 g/mol. The first-order chi connectivity index (χ1) is 12.5. The summed E-state index contributed by atoms with van der Waals surface area (Å²) in [4.78, 5) is 7.38. The van der Waals surface area contributed by atoms with Crippen molar-refractivity contribution >= 4 is 15.8 Å². The quantitative estimate of drug-likeness (QED) is 0.598. The molecule has 5 nitrogen and oxygen atoms in total. The molecule has 3 fully saturated rings. The van der Waals surface area contributed by atoms with Gasteiger partial charge in [-0.1, -0.05) is 32.6 Å². The fraction of sp³-hybridized carbons (Fsp3) is 0.950. The Balaban J connectivity index is 1.66. The van der Waals surface area contributed by atoms with Crippen LogP contribution in [0.1, 0.15) is 71.1 Å². The zero-order valence-electron chi connectivity index (χ0n) is 16.5. The molecule has 1 saturated carbocycles. The van der Waals surface area contributed by atoms with Crippen LogP contribution in [0.25, 0.3) is 0 Å². The minimum Gasteiger partial charge on any atom is -0.356 e. The van der Waals surface area contributed by atoms with Crippen LogP contribution in [0.15, 0.2) is 4.99 Å². The normalized spacial score (nSPS) is 28.9. The van der Waals surface area contributed by atoms with E-state index >= 15 is 0 Å². The van der Waals surface area contributed by atoms with Gasteiger partial charge in [-0.15, -0.1) is 0 Å². The van der Waals surface area contributed by atoms with E-state index in [1.54, 1.807) is 0 Å². The number of aliphatic imine (C=N–C) groups is 1. The van der Waals surface area contributed by atoms with Crippen LogP contribution in [-0.4, -0.2) is 57.0 Å². The standard InChI is InChI=1S/C20H37N3O2S/c1-2-12-21-19(22-15-18-8-14-26(24,25)16-18)23-13-7-11-20(17-23)9-5-3-4-6-10-20/h18H,2-17H2,1H3,(H,21,22). The van der Waals surface area contributed by atoms with E-state index in [2.05, 4.69) is 17.1 Å². The topological polar surface area (TPSA) is 61.8 Å². The fourth-order valence-corrected chi connectivity index (χ4v) is 6.86. The molecule has 2 heterocycles. The van der Waals surface area contributed by atoms with Gasteiger partial charge in [0.1, 0.15) is 0 Å². The number of hydrogen-bond donors (Lipinski definition) is 1. The minimum atomic E-state index is -2.81. The van der Waals surface area contributed by atoms with Gasteiger partial charge in [0.2, 0.25) is 0 Å². The van der Waals surface area contributed by atoms with E-state index in [0.717, 1.165) is 38.4 Å². The number of guanidine groups is 1. The number of likely N-dealkylation sites (tertiary alicyclic amines) is 1. The van der Waals surface area contributed by atoms with Crippen molar-refractivity contribution in [1.29, 1.82) is 0 Å². The number of nitrogens with zero attached hydrogens (tertiary/aromatic N) is 2. The highest BCUT2D eigenvalue weighted by Gasteiger charge is 2.36. The van der Waals surface area contributed by atoms with Gasteiger partial charge in [0.25, 0.3) is 0 Å². The molecular weight excluding hydrogens is 346 g/mol. The molecule has 0 amide bonds. The van der Waals surface area contributed by atoms with Crippen LogP contribution >= 0.6 is 0 Å². The molecule has 150 valence electrons. The van der Waals surface area contributed by atoms with E-state index < -0.39 is 9.84 Å². The van der Waals surface area contributed by atoms with Crippen molar-refractivity contribution < 1.29 is 8.42 Å². The molecule has 0 aromatic rings. The second-order valence-corrected chi connectivity index (χ2v) is 11.0. The molecule has 3 aliphatic rings. The van der Waals surface area contributed by atoms with Gasteiger partial charge >= 0.3 is 0 Å². The second kappa shape index (κ2) is 8.94. The van der Waals surface area contributed by atoms with Crippen molar-refractivity contribution in [2.24, 2.45) is 16.3 Å². The highest BCUT2D eigenvalue weighted by molar-refractivity contribution is 7.91. The lowest BCUT2D eigenvalue weighted by atomic mass is 9.74. The minimum absolute atomic E-state index is 0.204. The van der Waals surface area contributed by atoms with Gasteiger partial charge in [0, 0.05) is 26.2 Å². The molecule has 1 aliphatic carbocycles. The molecule has 1 spiro atoms. The molecular formula is C20H37N3O2S. The monoisotopic (exact) mass is 383 g/mol. The molecule has 1 N–H and O–H groups in total. The Labute approximate surface area is 159 Å². The van der Waals surface area contributed by atoms with E-state index in [4.69, 9.17) is 4.99 Å². The lowest BCUT2D eigenvalue weighted by Crippen LogP contribution is -2.51. The van der Waals surface area contributed by atoms with Crippen molar-refractivity contribution in [3.8, 4) is 0 Å². The smallest absolute Gasteiger partial charge is 0.193 e. The van der Waals surface area contributed by atoms with Gasteiger partial charge in [-0.25, -0.2) is 8.42 Å². The number of nitrogens with one attached hydrogen (secondary N) is 1. The Morgan fingerprint density at radius 3 is 2.54 bits per heavy atom. The molecule has 0 aromatic carbocycles. The lowest BCUT2D eigenvalue weighted by Gasteiger charge is -2.44. The molecule has 6 heteroatoms. The highest BCUT2D eigenvalue weighted by Crippen LogP contribution is 2.42. The first-order valence-corrected chi connectivity index (χ1v) is 12.6. The largest absolute Gasteiger partial charge is 0.356 e. The van der Waals surface area contributed by atoms with Crippen LogP contribution in [0.5, 0.6) is 0 Å². The highest BCUT2D eigenvalue weighted by atomic mass is 32.2. The summed E-state index contributed by atoms with van der Waals surface area (Å²) in [6, 6.07) is 0. The molecule has 2 aliphatic heterocycles. The van der Waals surface area contributed by atoms with Crippen molar-refractivity contribution in [1.82, 2.24) is 10.2 Å². The third-order valence-corrected chi connectivity index (χ3v) is 8.32. The predicted octanol–water partition coefficient (Wildman–Crippen LogP) is 3.21. The summed E-state index contributed by atoms with van der Waals surface area (Å²) >= 11 is 0. The number of piperidine rings is 1. The van der Waals surface area contributed by atoms with Crippen molar-refractivity contribution in [3.63, 3.8) is 0 Å². The average Bonchev–Trinajstić information content (AvgIpc) is 2.82. The van der Waals surface area contributed by atoms with Gasteiger partial charge in [0.05, 0.1) is 11.5 Å². The van der Waals surface area contributed by atoms with Crippen molar-refractivity contribution in [2.75, 3.05) is 37.7 Å². The van der Waals surface area contributed by atoms with Crippen molar-refractivity contribution in [2.45, 2.75) is 71.1 Å². The van der Waals surface area contributed by atoms with Crippen LogP contribution < -0.4 is 5.32 Å². The van der Waals surface area contributed by atoms with Gasteiger partial charge in [-0.05, 0) is 49.9 Å². The Kier molecular flexibility index (Phi) is 6.87.